The van der Waals surface area contributed by atoms with Crippen LogP contribution in [0.25, 0.3) is 33.3 Å². The van der Waals surface area contributed by atoms with Crippen LogP contribution in [0.5, 0.6) is 0 Å². The summed E-state index contributed by atoms with van der Waals surface area (Å²) >= 11 is 0. The first-order valence-electron chi connectivity index (χ1n) is 8.28. The number of benzene rings is 3. The van der Waals surface area contributed by atoms with Crippen LogP contribution in [-0.4, -0.2) is 12.6 Å². The zero-order valence-electron chi connectivity index (χ0n) is 13.6. The summed E-state index contributed by atoms with van der Waals surface area (Å²) in [5.74, 6) is -0.421. The molecule has 25 heavy (non-hydrogen) atoms. The molecule has 4 heteroatoms. The molecular formula is C21H14N2O2. The fourth-order valence-electron chi connectivity index (χ4n) is 3.62. The van der Waals surface area contributed by atoms with Gasteiger partial charge in [-0.2, -0.15) is 0 Å². The van der Waals surface area contributed by atoms with E-state index in [1.807, 2.05) is 12.1 Å². The minimum Gasteiger partial charge on any atom is -0.461 e. The minimum absolute atomic E-state index is 0.294. The molecule has 1 aliphatic carbocycles. The number of carbonyl (C=O) groups excluding carboxylic acids is 1. The molecule has 0 aromatic heterocycles. The summed E-state index contributed by atoms with van der Waals surface area (Å²) in [6, 6.07) is 16.8. The quantitative estimate of drug-likeness (QED) is 0.536. The standard InChI is InChI=1S/C21H14N2O2/c1-2-25-21(24)20-18-11-17-15-8-7-12-5-3-4-6-13(12)14(15)9-10-16(17)19(18)22-23-20/h3-11H,2H2,1H3. The predicted molar refractivity (Wildman–Crippen MR) is 97.1 cm³/mol. The van der Waals surface area contributed by atoms with Crippen molar-refractivity contribution in [2.45, 2.75) is 6.92 Å². The molecule has 1 aliphatic heterocycles. The number of nitrogens with zero attached hydrogens (tertiary/aromatic N) is 2. The normalized spacial score (nSPS) is 14.8. The van der Waals surface area contributed by atoms with E-state index in [1.54, 1.807) is 6.92 Å². The van der Waals surface area contributed by atoms with E-state index in [0.717, 1.165) is 27.1 Å². The summed E-state index contributed by atoms with van der Waals surface area (Å²) in [4.78, 5) is 12.1. The van der Waals surface area contributed by atoms with Crippen LogP contribution in [0.2, 0.25) is 0 Å². The molecule has 0 atom stereocenters. The van der Waals surface area contributed by atoms with Crippen LogP contribution >= 0.6 is 0 Å². The van der Waals surface area contributed by atoms with Crippen LogP contribution in [0, 0.1) is 0 Å². The molecule has 0 radical (unpaired) electrons. The van der Waals surface area contributed by atoms with Crippen molar-refractivity contribution < 1.29 is 9.53 Å². The molecule has 0 spiro atoms. The zero-order chi connectivity index (χ0) is 17.0. The average molecular weight is 326 g/mol. The third-order valence-electron chi connectivity index (χ3n) is 4.74. The van der Waals surface area contributed by atoms with E-state index in [4.69, 9.17) is 4.74 Å². The highest BCUT2D eigenvalue weighted by Crippen LogP contribution is 2.31. The lowest BCUT2D eigenvalue weighted by atomic mass is 10.0. The first-order chi connectivity index (χ1) is 12.3. The van der Waals surface area contributed by atoms with Crippen LogP contribution < -0.4 is 10.4 Å². The van der Waals surface area contributed by atoms with Gasteiger partial charge in [0.15, 0.2) is 5.70 Å². The van der Waals surface area contributed by atoms with Crippen LogP contribution in [0.4, 0.5) is 0 Å². The Labute approximate surface area is 143 Å². The molecule has 0 amide bonds. The highest BCUT2D eigenvalue weighted by Gasteiger charge is 2.27. The summed E-state index contributed by atoms with van der Waals surface area (Å²) < 4.78 is 5.09. The fraction of sp³-hybridized carbons (Fsp3) is 0.0952. The lowest BCUT2D eigenvalue weighted by Crippen LogP contribution is -2.23. The monoisotopic (exact) mass is 326 g/mol. The summed E-state index contributed by atoms with van der Waals surface area (Å²) in [6.07, 6.45) is 2.01. The van der Waals surface area contributed by atoms with Gasteiger partial charge < -0.3 is 4.74 Å². The molecule has 0 bridgehead atoms. The predicted octanol–water partition coefficient (Wildman–Crippen LogP) is 3.18. The number of hydrogen-bond donors (Lipinski definition) is 0. The molecule has 0 saturated carbocycles. The minimum atomic E-state index is -0.421. The Balaban J connectivity index is 1.85. The van der Waals surface area contributed by atoms with E-state index in [-0.39, 0.29) is 0 Å². The van der Waals surface area contributed by atoms with Gasteiger partial charge in [0, 0.05) is 10.8 Å². The second kappa shape index (κ2) is 5.11. The molecule has 0 N–H and O–H groups in total. The Morgan fingerprint density at radius 2 is 1.80 bits per heavy atom. The first-order valence-corrected chi connectivity index (χ1v) is 8.28. The van der Waals surface area contributed by atoms with E-state index in [9.17, 15) is 4.79 Å². The lowest BCUT2D eigenvalue weighted by molar-refractivity contribution is -0.138. The summed E-state index contributed by atoms with van der Waals surface area (Å²) in [5, 5.41) is 15.2. The van der Waals surface area contributed by atoms with Crippen LogP contribution in [0.15, 0.2) is 70.0 Å². The lowest BCUT2D eigenvalue weighted by Gasteiger charge is -2.04. The van der Waals surface area contributed by atoms with E-state index in [1.165, 1.54) is 16.2 Å². The molecule has 3 aromatic rings. The van der Waals surface area contributed by atoms with Crippen molar-refractivity contribution >= 4 is 39.3 Å². The van der Waals surface area contributed by atoms with Crippen molar-refractivity contribution in [3.05, 3.63) is 70.2 Å². The van der Waals surface area contributed by atoms with Crippen molar-refractivity contribution in [1.82, 2.24) is 0 Å². The molecule has 0 saturated heterocycles. The van der Waals surface area contributed by atoms with Crippen LogP contribution in [-0.2, 0) is 9.53 Å². The average Bonchev–Trinajstić information content (AvgIpc) is 3.20. The Hall–Kier alpha value is -3.27. The zero-order valence-corrected chi connectivity index (χ0v) is 13.6. The van der Waals surface area contributed by atoms with Gasteiger partial charge in [0.2, 0.25) is 0 Å². The molecule has 2 aliphatic rings. The van der Waals surface area contributed by atoms with E-state index in [0.29, 0.717) is 12.3 Å². The molecule has 3 aromatic carbocycles. The number of rotatable bonds is 2. The first kappa shape index (κ1) is 14.1. The topological polar surface area (TPSA) is 51.0 Å². The Morgan fingerprint density at radius 1 is 0.960 bits per heavy atom. The van der Waals surface area contributed by atoms with Gasteiger partial charge in [0.05, 0.1) is 6.61 Å². The molecule has 1 heterocycles. The molecule has 120 valence electrons. The largest absolute Gasteiger partial charge is 0.461 e. The van der Waals surface area contributed by atoms with Gasteiger partial charge >= 0.3 is 5.97 Å². The van der Waals surface area contributed by atoms with Gasteiger partial charge in [-0.05, 0) is 39.8 Å². The Bertz CT molecular complexity index is 1270. The van der Waals surface area contributed by atoms with E-state index in [2.05, 4.69) is 52.7 Å². The molecule has 4 nitrogen and oxygen atoms in total. The number of esters is 1. The molecule has 5 rings (SSSR count). The smallest absolute Gasteiger partial charge is 0.359 e. The van der Waals surface area contributed by atoms with Gasteiger partial charge in [0.25, 0.3) is 0 Å². The number of carbonyl (C=O) groups is 1. The number of hydrogen-bond acceptors (Lipinski definition) is 4. The third kappa shape index (κ3) is 1.91. The summed E-state index contributed by atoms with van der Waals surface area (Å²) in [5.41, 5.74) is 1.81. The number of ether oxygens (including phenoxy) is 1. The third-order valence-corrected chi connectivity index (χ3v) is 4.74. The van der Waals surface area contributed by atoms with Crippen molar-refractivity contribution in [1.29, 1.82) is 0 Å². The maximum atomic E-state index is 12.1. The maximum absolute atomic E-state index is 12.1. The number of fused-ring (bicyclic) bond motifs is 6. The highest BCUT2D eigenvalue weighted by atomic mass is 16.5. The summed E-state index contributed by atoms with van der Waals surface area (Å²) in [7, 11) is 0. The highest BCUT2D eigenvalue weighted by molar-refractivity contribution is 6.09. The van der Waals surface area contributed by atoms with Crippen molar-refractivity contribution in [2.24, 2.45) is 10.2 Å². The number of azo groups is 1. The van der Waals surface area contributed by atoms with Crippen molar-refractivity contribution in [3.63, 3.8) is 0 Å². The fourth-order valence-corrected chi connectivity index (χ4v) is 3.62. The maximum Gasteiger partial charge on any atom is 0.359 e. The molecule has 0 unspecified atom stereocenters. The van der Waals surface area contributed by atoms with Gasteiger partial charge in [-0.25, -0.2) is 4.79 Å². The summed E-state index contributed by atoms with van der Waals surface area (Å²) in [6.45, 7) is 2.11. The Morgan fingerprint density at radius 3 is 2.68 bits per heavy atom. The van der Waals surface area contributed by atoms with Gasteiger partial charge in [0.1, 0.15) is 5.70 Å². The second-order valence-electron chi connectivity index (χ2n) is 6.08. The van der Waals surface area contributed by atoms with E-state index < -0.39 is 5.97 Å². The van der Waals surface area contributed by atoms with Gasteiger partial charge in [-0.15, -0.1) is 10.2 Å². The second-order valence-corrected chi connectivity index (χ2v) is 6.08. The van der Waals surface area contributed by atoms with Crippen molar-refractivity contribution in [2.75, 3.05) is 6.61 Å². The van der Waals surface area contributed by atoms with Crippen LogP contribution in [0.3, 0.4) is 0 Å². The van der Waals surface area contributed by atoms with Crippen molar-refractivity contribution in [3.8, 4) is 0 Å². The molecule has 0 fully saturated rings. The van der Waals surface area contributed by atoms with Gasteiger partial charge in [-0.3, -0.25) is 0 Å². The SMILES string of the molecule is CCOC(=O)C1=C2C=c3c(ccc4c3ccc3ccccc34)=C2N=N1. The van der Waals surface area contributed by atoms with Gasteiger partial charge in [-0.1, -0.05) is 48.5 Å². The van der Waals surface area contributed by atoms with Crippen LogP contribution in [0.1, 0.15) is 6.92 Å². The van der Waals surface area contributed by atoms with E-state index >= 15 is 0 Å². The molecular weight excluding hydrogens is 312 g/mol. The Kier molecular flexibility index (Phi) is 2.88.